The Bertz CT molecular complexity index is 664. The SMILES string of the molecule is NC(O)C1C=CC(NCO)=CC1.O=C1N2CCCC(C2)N1OS(=O)(=O)O. The first-order valence-electron chi connectivity index (χ1n) is 8.13. The highest BCUT2D eigenvalue weighted by Gasteiger charge is 2.42. The molecule has 0 spiro atoms. The maximum Gasteiger partial charge on any atom is 0.418 e. The lowest BCUT2D eigenvalue weighted by molar-refractivity contribution is -0.0316. The Labute approximate surface area is 151 Å². The number of fused-ring (bicyclic) bond motifs is 2. The van der Waals surface area contributed by atoms with E-state index >= 15 is 0 Å². The Morgan fingerprint density at radius 2 is 2.19 bits per heavy atom. The molecule has 3 unspecified atom stereocenters. The van der Waals surface area contributed by atoms with E-state index in [9.17, 15) is 13.2 Å². The van der Waals surface area contributed by atoms with Crippen molar-refractivity contribution < 1.29 is 32.3 Å². The minimum atomic E-state index is -4.60. The number of nitrogens with two attached hydrogens (primary N) is 1. The molecular weight excluding hydrogens is 368 g/mol. The molecule has 2 bridgehead atoms. The molecule has 11 nitrogen and oxygen atoms in total. The van der Waals surface area contributed by atoms with Gasteiger partial charge in [-0.1, -0.05) is 12.2 Å². The van der Waals surface area contributed by atoms with Gasteiger partial charge in [0.25, 0.3) is 0 Å². The first-order valence-corrected chi connectivity index (χ1v) is 9.49. The van der Waals surface area contributed by atoms with Gasteiger partial charge in [0.15, 0.2) is 0 Å². The summed E-state index contributed by atoms with van der Waals surface area (Å²) in [5, 5.41) is 21.0. The topological polar surface area (TPSA) is 166 Å². The molecule has 0 aromatic rings. The van der Waals surface area contributed by atoms with E-state index in [0.29, 0.717) is 25.9 Å². The molecule has 2 fully saturated rings. The Morgan fingerprint density at radius 1 is 1.46 bits per heavy atom. The van der Waals surface area contributed by atoms with E-state index in [2.05, 4.69) is 9.60 Å². The highest BCUT2D eigenvalue weighted by Crippen LogP contribution is 2.26. The van der Waals surface area contributed by atoms with Crippen molar-refractivity contribution in [1.29, 1.82) is 0 Å². The smallest absolute Gasteiger partial charge is 0.378 e. The van der Waals surface area contributed by atoms with Crippen molar-refractivity contribution in [1.82, 2.24) is 15.3 Å². The third kappa shape index (κ3) is 5.65. The average Bonchev–Trinajstić information content (AvgIpc) is 2.78. The van der Waals surface area contributed by atoms with Crippen LogP contribution in [0.5, 0.6) is 0 Å². The van der Waals surface area contributed by atoms with Gasteiger partial charge in [-0.3, -0.25) is 4.55 Å². The number of hydroxylamine groups is 2. The lowest BCUT2D eigenvalue weighted by atomic mass is 9.98. The van der Waals surface area contributed by atoms with Crippen molar-refractivity contribution in [3.8, 4) is 0 Å². The zero-order valence-corrected chi connectivity index (χ0v) is 14.9. The van der Waals surface area contributed by atoms with E-state index in [0.717, 1.165) is 17.2 Å². The first kappa shape index (κ1) is 20.6. The number of carbonyl (C=O) groups excluding carboxylic acids is 1. The lowest BCUT2D eigenvalue weighted by Gasteiger charge is -2.20. The zero-order chi connectivity index (χ0) is 19.3. The molecule has 2 saturated heterocycles. The van der Waals surface area contributed by atoms with Gasteiger partial charge in [-0.15, -0.1) is 4.28 Å². The molecule has 26 heavy (non-hydrogen) atoms. The molecule has 0 aromatic carbocycles. The van der Waals surface area contributed by atoms with Crippen molar-refractivity contribution in [3.63, 3.8) is 0 Å². The number of hydrogen-bond acceptors (Lipinski definition) is 8. The van der Waals surface area contributed by atoms with Gasteiger partial charge >= 0.3 is 16.4 Å². The standard InChI is InChI=1S/C8H14N2O2.C6H10N2O5S/c9-8(12)6-1-3-7(4-2-6)10-5-11;9-6-7-3-1-2-5(4-7)8(6)13-14(10,11)12/h1,3-4,6,8,10-12H,2,5,9H2;5H,1-4H2,(H,10,11,12). The fourth-order valence-electron chi connectivity index (χ4n) is 2.92. The summed E-state index contributed by atoms with van der Waals surface area (Å²) in [5.41, 5.74) is 6.16. The van der Waals surface area contributed by atoms with Crippen molar-refractivity contribution in [3.05, 3.63) is 23.9 Å². The monoisotopic (exact) mass is 392 g/mol. The van der Waals surface area contributed by atoms with Crippen LogP contribution in [0.2, 0.25) is 0 Å². The van der Waals surface area contributed by atoms with Gasteiger partial charge in [0.2, 0.25) is 0 Å². The molecule has 148 valence electrons. The molecule has 0 saturated carbocycles. The Morgan fingerprint density at radius 3 is 2.69 bits per heavy atom. The van der Waals surface area contributed by atoms with Crippen molar-refractivity contribution in [2.24, 2.45) is 11.7 Å². The average molecular weight is 392 g/mol. The summed E-state index contributed by atoms with van der Waals surface area (Å²) in [4.78, 5) is 12.9. The molecule has 0 radical (unpaired) electrons. The molecule has 2 aliphatic heterocycles. The number of allylic oxidation sites excluding steroid dienone is 2. The number of rotatable bonds is 5. The van der Waals surface area contributed by atoms with Crippen LogP contribution >= 0.6 is 0 Å². The molecule has 6 N–H and O–H groups in total. The second-order valence-corrected chi connectivity index (χ2v) is 7.10. The molecular formula is C14H24N4O7S. The van der Waals surface area contributed by atoms with E-state index in [1.54, 1.807) is 6.08 Å². The van der Waals surface area contributed by atoms with Crippen LogP contribution in [0.1, 0.15) is 19.3 Å². The van der Waals surface area contributed by atoms with Crippen LogP contribution < -0.4 is 11.1 Å². The van der Waals surface area contributed by atoms with Crippen molar-refractivity contribution in [2.45, 2.75) is 31.5 Å². The molecule has 2 heterocycles. The van der Waals surface area contributed by atoms with Crippen LogP contribution in [-0.4, -0.2) is 71.3 Å². The number of hydrogen-bond donors (Lipinski definition) is 5. The predicted octanol–water partition coefficient (Wildman–Crippen LogP) is -1.12. The molecule has 2 amide bonds. The van der Waals surface area contributed by atoms with Crippen LogP contribution in [0, 0.1) is 5.92 Å². The van der Waals surface area contributed by atoms with Crippen molar-refractivity contribution in [2.75, 3.05) is 19.8 Å². The minimum absolute atomic E-state index is 0.00533. The molecule has 3 aliphatic rings. The van der Waals surface area contributed by atoms with E-state index in [1.165, 1.54) is 4.90 Å². The highest BCUT2D eigenvalue weighted by atomic mass is 32.3. The lowest BCUT2D eigenvalue weighted by Crippen LogP contribution is -2.35. The summed E-state index contributed by atoms with van der Waals surface area (Å²) in [6, 6.07) is -0.761. The summed E-state index contributed by atoms with van der Waals surface area (Å²) in [5.74, 6) is -0.00533. The second kappa shape index (κ2) is 8.79. The van der Waals surface area contributed by atoms with E-state index in [4.69, 9.17) is 20.5 Å². The highest BCUT2D eigenvalue weighted by molar-refractivity contribution is 7.80. The third-order valence-corrected chi connectivity index (χ3v) is 4.57. The number of carbonyl (C=O) groups is 1. The van der Waals surface area contributed by atoms with Gasteiger partial charge in [-0.2, -0.15) is 13.5 Å². The van der Waals surface area contributed by atoms with Crippen LogP contribution in [0.15, 0.2) is 23.9 Å². The van der Waals surface area contributed by atoms with Gasteiger partial charge in [0, 0.05) is 24.7 Å². The fraction of sp³-hybridized carbons (Fsp3) is 0.643. The van der Waals surface area contributed by atoms with Crippen LogP contribution in [0.3, 0.4) is 0 Å². The Balaban J connectivity index is 0.000000190. The van der Waals surface area contributed by atoms with Gasteiger partial charge < -0.3 is 26.2 Å². The molecule has 12 heteroatoms. The maximum absolute atomic E-state index is 11.4. The van der Waals surface area contributed by atoms with Gasteiger partial charge in [-0.25, -0.2) is 4.79 Å². The summed E-state index contributed by atoms with van der Waals surface area (Å²) in [7, 11) is -4.60. The number of nitrogens with zero attached hydrogens (tertiary/aromatic N) is 2. The number of aliphatic hydroxyl groups is 2. The van der Waals surface area contributed by atoms with E-state index in [-0.39, 0.29) is 18.7 Å². The number of amides is 2. The second-order valence-electron chi connectivity index (χ2n) is 6.10. The Hall–Kier alpha value is -1.70. The largest absolute Gasteiger partial charge is 0.418 e. The van der Waals surface area contributed by atoms with Gasteiger partial charge in [-0.05, 0) is 25.3 Å². The van der Waals surface area contributed by atoms with Crippen molar-refractivity contribution >= 4 is 16.4 Å². The van der Waals surface area contributed by atoms with E-state index in [1.807, 2.05) is 12.2 Å². The maximum atomic E-state index is 11.4. The molecule has 3 atom stereocenters. The predicted molar refractivity (Wildman–Crippen MR) is 90.2 cm³/mol. The van der Waals surface area contributed by atoms with Crippen LogP contribution in [0.4, 0.5) is 4.79 Å². The number of urea groups is 1. The van der Waals surface area contributed by atoms with Gasteiger partial charge in [0.05, 0.1) is 6.04 Å². The minimum Gasteiger partial charge on any atom is -0.378 e. The molecule has 0 aromatic heterocycles. The first-order chi connectivity index (χ1) is 12.2. The normalized spacial score (nSPS) is 26.2. The third-order valence-electron chi connectivity index (χ3n) is 4.22. The van der Waals surface area contributed by atoms with Crippen LogP contribution in [-0.2, 0) is 14.7 Å². The van der Waals surface area contributed by atoms with E-state index < -0.39 is 22.7 Å². The number of nitrogens with one attached hydrogen (secondary N) is 1. The molecule has 1 aliphatic carbocycles. The Kier molecular flexibility index (Phi) is 6.97. The number of aliphatic hydroxyl groups excluding tert-OH is 2. The number of piperidine rings is 1. The summed E-state index contributed by atoms with van der Waals surface area (Å²) >= 11 is 0. The van der Waals surface area contributed by atoms with Gasteiger partial charge in [0.1, 0.15) is 13.0 Å². The summed E-state index contributed by atoms with van der Waals surface area (Å²) < 4.78 is 33.5. The molecule has 3 rings (SSSR count). The zero-order valence-electron chi connectivity index (χ0n) is 14.1. The fourth-order valence-corrected chi connectivity index (χ4v) is 3.31. The quantitative estimate of drug-likeness (QED) is 0.288. The van der Waals surface area contributed by atoms with Crippen LogP contribution in [0.25, 0.3) is 0 Å². The summed E-state index contributed by atoms with van der Waals surface area (Å²) in [6.07, 6.45) is 6.96. The summed E-state index contributed by atoms with van der Waals surface area (Å²) in [6.45, 7) is 1.00.